The predicted molar refractivity (Wildman–Crippen MR) is 181 cm³/mol. The lowest BCUT2D eigenvalue weighted by Gasteiger charge is -2.42. The van der Waals surface area contributed by atoms with E-state index in [1.54, 1.807) is 16.2 Å². The molecule has 0 aromatic heterocycles. The van der Waals surface area contributed by atoms with Crippen molar-refractivity contribution in [2.45, 2.75) is 109 Å². The van der Waals surface area contributed by atoms with Crippen molar-refractivity contribution in [1.29, 1.82) is 0 Å². The first-order valence-electron chi connectivity index (χ1n) is 17.6. The number of rotatable bonds is 9. The lowest BCUT2D eigenvalue weighted by Crippen LogP contribution is -2.36. The van der Waals surface area contributed by atoms with Crippen LogP contribution in [0.25, 0.3) is 0 Å². The third kappa shape index (κ3) is 5.53. The van der Waals surface area contributed by atoms with Crippen molar-refractivity contribution >= 4 is 23.3 Å². The smallest absolute Gasteiger partial charge is 0.0321 e. The predicted octanol–water partition coefficient (Wildman–Crippen LogP) is 10.5. The Morgan fingerprint density at radius 1 is 0.610 bits per heavy atom. The summed E-state index contributed by atoms with van der Waals surface area (Å²) < 4.78 is 0. The zero-order valence-electron chi connectivity index (χ0n) is 25.5. The monoisotopic (exact) mass is 564 g/mol. The van der Waals surface area contributed by atoms with Gasteiger partial charge in [0.25, 0.3) is 0 Å². The highest BCUT2D eigenvalue weighted by molar-refractivity contribution is 7.88. The van der Waals surface area contributed by atoms with E-state index in [4.69, 9.17) is 0 Å². The summed E-state index contributed by atoms with van der Waals surface area (Å²) in [5, 5.41) is 3.27. The van der Waals surface area contributed by atoms with Crippen LogP contribution < -0.4 is 10.6 Å². The van der Waals surface area contributed by atoms with Crippen molar-refractivity contribution in [2.24, 2.45) is 29.1 Å². The van der Waals surface area contributed by atoms with Gasteiger partial charge in [-0.3, -0.25) is 0 Å². The van der Waals surface area contributed by atoms with Gasteiger partial charge in [0.1, 0.15) is 0 Å². The minimum atomic E-state index is -1.77. The lowest BCUT2D eigenvalue weighted by molar-refractivity contribution is 0.361. The minimum absolute atomic E-state index is 0.151. The van der Waals surface area contributed by atoms with E-state index in [9.17, 15) is 0 Å². The highest BCUT2D eigenvalue weighted by Gasteiger charge is 2.48. The van der Waals surface area contributed by atoms with Crippen molar-refractivity contribution in [1.82, 2.24) is 0 Å². The Morgan fingerprint density at radius 2 is 1.12 bits per heavy atom. The molecule has 0 amide bonds. The van der Waals surface area contributed by atoms with Crippen molar-refractivity contribution in [3.8, 4) is 0 Å². The van der Waals surface area contributed by atoms with Gasteiger partial charge in [-0.2, -0.15) is 0 Å². The molecule has 0 nitrogen and oxygen atoms in total. The third-order valence-corrected chi connectivity index (χ3v) is 16.4. The van der Waals surface area contributed by atoms with Gasteiger partial charge in [0.2, 0.25) is 0 Å². The molecule has 5 aliphatic rings. The molecule has 1 heteroatoms. The van der Waals surface area contributed by atoms with Crippen molar-refractivity contribution < 1.29 is 0 Å². The maximum atomic E-state index is 3.14. The SMILES string of the molecule is C1=C(C2CCCC2)C=C(C2CCCC2)C1(C=P(CCC1CCCC1)(c1ccccc1)c1ccccc1)C1CCCC1. The number of allylic oxidation sites excluding steroid dienone is 4. The average Bonchev–Trinajstić information content (AvgIpc) is 3.87. The van der Waals surface area contributed by atoms with Gasteiger partial charge in [0.15, 0.2) is 0 Å². The van der Waals surface area contributed by atoms with E-state index in [0.717, 1.165) is 23.7 Å². The Hall–Kier alpha value is -1.78. The van der Waals surface area contributed by atoms with Crippen LogP contribution in [0.15, 0.2) is 84.0 Å². The van der Waals surface area contributed by atoms with Gasteiger partial charge in [-0.25, -0.2) is 0 Å². The van der Waals surface area contributed by atoms with E-state index in [1.807, 2.05) is 5.57 Å². The van der Waals surface area contributed by atoms with E-state index < -0.39 is 6.89 Å². The van der Waals surface area contributed by atoms with Gasteiger partial charge in [0.05, 0.1) is 0 Å². The van der Waals surface area contributed by atoms with Crippen LogP contribution in [0.5, 0.6) is 0 Å². The zero-order chi connectivity index (χ0) is 27.5. The minimum Gasteiger partial charge on any atom is -0.0667 e. The van der Waals surface area contributed by atoms with Crippen LogP contribution in [0.1, 0.15) is 109 Å². The molecule has 5 aliphatic carbocycles. The first-order valence-corrected chi connectivity index (χ1v) is 19.6. The van der Waals surface area contributed by atoms with Crippen LogP contribution in [0.3, 0.4) is 0 Å². The summed E-state index contributed by atoms with van der Waals surface area (Å²) in [4.78, 5) is 0. The molecule has 4 saturated carbocycles. The Kier molecular flexibility index (Phi) is 8.51. The summed E-state index contributed by atoms with van der Waals surface area (Å²) in [6.07, 6.45) is 31.4. The molecule has 218 valence electrons. The van der Waals surface area contributed by atoms with Gasteiger partial charge in [-0.15, -0.1) is 0 Å². The molecule has 0 saturated heterocycles. The van der Waals surface area contributed by atoms with Crippen molar-refractivity contribution in [3.05, 3.63) is 84.0 Å². The van der Waals surface area contributed by atoms with Gasteiger partial charge in [-0.05, 0) is 91.0 Å². The van der Waals surface area contributed by atoms with E-state index in [1.165, 1.54) is 115 Å². The second-order valence-corrected chi connectivity index (χ2v) is 17.9. The van der Waals surface area contributed by atoms with Crippen molar-refractivity contribution in [3.63, 3.8) is 0 Å². The van der Waals surface area contributed by atoms with E-state index in [-0.39, 0.29) is 5.41 Å². The molecule has 7 rings (SSSR count). The molecule has 0 aliphatic heterocycles. The lowest BCUT2D eigenvalue weighted by atomic mass is 9.68. The Labute approximate surface area is 251 Å². The molecule has 0 bridgehead atoms. The van der Waals surface area contributed by atoms with Gasteiger partial charge in [0, 0.05) is 5.41 Å². The Bertz CT molecular complexity index is 1220. The molecule has 0 radical (unpaired) electrons. The first-order chi connectivity index (χ1) is 20.3. The largest absolute Gasteiger partial charge is 0.0667 e. The van der Waals surface area contributed by atoms with Crippen LogP contribution in [0.2, 0.25) is 0 Å². The summed E-state index contributed by atoms with van der Waals surface area (Å²) in [6, 6.07) is 23.9. The molecule has 2 aromatic rings. The molecular formula is C40H53P. The van der Waals surface area contributed by atoms with E-state index >= 15 is 0 Å². The second-order valence-electron chi connectivity index (χ2n) is 14.5. The van der Waals surface area contributed by atoms with Crippen LogP contribution in [0, 0.1) is 29.1 Å². The fraction of sp³-hybridized carbons (Fsp3) is 0.575. The fourth-order valence-corrected chi connectivity index (χ4v) is 14.5. The first kappa shape index (κ1) is 28.0. The topological polar surface area (TPSA) is 0 Å². The number of benzene rings is 2. The second kappa shape index (κ2) is 12.4. The average molecular weight is 565 g/mol. The Balaban J connectivity index is 1.47. The molecular weight excluding hydrogens is 511 g/mol. The van der Waals surface area contributed by atoms with E-state index in [2.05, 4.69) is 78.6 Å². The molecule has 1 atom stereocenters. The Morgan fingerprint density at radius 3 is 1.71 bits per heavy atom. The maximum Gasteiger partial charge on any atom is 0.0321 e. The number of hydrogen-bond acceptors (Lipinski definition) is 0. The van der Waals surface area contributed by atoms with Gasteiger partial charge in [-0.1, -0.05) is 155 Å². The van der Waals surface area contributed by atoms with Crippen LogP contribution in [-0.2, 0) is 0 Å². The molecule has 41 heavy (non-hydrogen) atoms. The summed E-state index contributed by atoms with van der Waals surface area (Å²) in [5.41, 5.74) is 3.78. The normalized spacial score (nSPS) is 26.6. The summed E-state index contributed by atoms with van der Waals surface area (Å²) in [7, 11) is 0. The molecule has 0 N–H and O–H groups in total. The molecule has 2 aromatic carbocycles. The fourth-order valence-electron chi connectivity index (χ4n) is 9.94. The summed E-state index contributed by atoms with van der Waals surface area (Å²) >= 11 is 0. The molecule has 1 unspecified atom stereocenters. The standard InChI is InChI=1S/C40H53P/c1-3-23-37(24-4-1)41(38-25-5-2-6-26-38,28-27-32-15-7-8-16-32)31-40(36-21-13-14-22-36)30-35(33-17-9-10-18-33)29-39(40)34-19-11-12-20-34/h1-6,23-26,29-34,36H,7-22,27-28H2. The summed E-state index contributed by atoms with van der Waals surface area (Å²) in [5.74, 6) is 6.46. The van der Waals surface area contributed by atoms with Crippen LogP contribution >= 0.6 is 6.89 Å². The molecule has 4 fully saturated rings. The zero-order valence-corrected chi connectivity index (χ0v) is 26.4. The van der Waals surface area contributed by atoms with E-state index in [0.29, 0.717) is 0 Å². The molecule has 0 heterocycles. The highest BCUT2D eigenvalue weighted by atomic mass is 31.2. The van der Waals surface area contributed by atoms with Crippen molar-refractivity contribution in [2.75, 3.05) is 6.16 Å². The molecule has 0 spiro atoms. The maximum absolute atomic E-state index is 3.14. The van der Waals surface area contributed by atoms with Crippen LogP contribution in [0.4, 0.5) is 0 Å². The number of hydrogen-bond donors (Lipinski definition) is 0. The summed E-state index contributed by atoms with van der Waals surface area (Å²) in [6.45, 7) is -1.77. The third-order valence-electron chi connectivity index (χ3n) is 12.1. The van der Waals surface area contributed by atoms with Crippen LogP contribution in [-0.4, -0.2) is 12.0 Å². The highest BCUT2D eigenvalue weighted by Crippen LogP contribution is 2.60. The van der Waals surface area contributed by atoms with Gasteiger partial charge < -0.3 is 0 Å². The van der Waals surface area contributed by atoms with Gasteiger partial charge >= 0.3 is 0 Å². The quantitative estimate of drug-likeness (QED) is 0.266.